The van der Waals surface area contributed by atoms with Crippen LogP contribution in [0, 0.1) is 0 Å². The van der Waals surface area contributed by atoms with Gasteiger partial charge in [0.25, 0.3) is 0 Å². The molecule has 3 nitrogen and oxygen atoms in total. The summed E-state index contributed by atoms with van der Waals surface area (Å²) >= 11 is 1.64. The van der Waals surface area contributed by atoms with E-state index in [4.69, 9.17) is 0 Å². The average Bonchev–Trinajstić information content (AvgIpc) is 2.55. The molecule has 2 aromatic rings. The van der Waals surface area contributed by atoms with Gasteiger partial charge in [-0.3, -0.25) is 0 Å². The van der Waals surface area contributed by atoms with Crippen molar-refractivity contribution in [3.63, 3.8) is 0 Å². The summed E-state index contributed by atoms with van der Waals surface area (Å²) in [4.78, 5) is 14.3. The molecule has 0 atom stereocenters. The first-order chi connectivity index (χ1) is 10.7. The molecular weight excluding hydrogens is 292 g/mol. The minimum absolute atomic E-state index is 0.144. The Morgan fingerprint density at radius 1 is 1.00 bits per heavy atom. The molecule has 22 heavy (non-hydrogen) atoms. The second-order valence-electron chi connectivity index (χ2n) is 5.02. The fourth-order valence-electron chi connectivity index (χ4n) is 2.11. The van der Waals surface area contributed by atoms with Gasteiger partial charge in [0, 0.05) is 15.8 Å². The van der Waals surface area contributed by atoms with Gasteiger partial charge in [-0.05, 0) is 37.1 Å². The van der Waals surface area contributed by atoms with E-state index in [1.807, 2.05) is 42.5 Å². The predicted molar refractivity (Wildman–Crippen MR) is 93.5 cm³/mol. The Morgan fingerprint density at radius 2 is 1.64 bits per heavy atom. The number of benzene rings is 2. The second kappa shape index (κ2) is 8.49. The monoisotopic (exact) mass is 314 g/mol. The van der Waals surface area contributed by atoms with Crippen LogP contribution in [-0.4, -0.2) is 12.1 Å². The second-order valence-corrected chi connectivity index (χ2v) is 6.14. The van der Waals surface area contributed by atoms with Crippen molar-refractivity contribution in [3.8, 4) is 0 Å². The van der Waals surface area contributed by atoms with Crippen LogP contribution in [0.25, 0.3) is 0 Å². The van der Waals surface area contributed by atoms with Crippen LogP contribution in [0.5, 0.6) is 0 Å². The molecule has 4 heteroatoms. The predicted octanol–water partition coefficient (Wildman–Crippen LogP) is 5.15. The number of rotatable bonds is 6. The molecule has 0 spiro atoms. The van der Waals surface area contributed by atoms with E-state index in [1.165, 1.54) is 0 Å². The Bertz CT molecular complexity index is 597. The van der Waals surface area contributed by atoms with E-state index >= 15 is 0 Å². The number of para-hydroxylation sites is 1. The normalized spacial score (nSPS) is 10.5. The third kappa shape index (κ3) is 4.81. The van der Waals surface area contributed by atoms with Gasteiger partial charge in [0.2, 0.25) is 0 Å². The van der Waals surface area contributed by atoms with Gasteiger partial charge in [0.05, 0.1) is 5.69 Å². The first-order valence-electron chi connectivity index (χ1n) is 7.62. The molecule has 0 fully saturated rings. The molecule has 0 aliphatic rings. The van der Waals surface area contributed by atoms with Crippen LogP contribution in [0.4, 0.5) is 10.5 Å². The fourth-order valence-corrected chi connectivity index (χ4v) is 3.03. The van der Waals surface area contributed by atoms with E-state index in [1.54, 1.807) is 11.8 Å². The van der Waals surface area contributed by atoms with Crippen molar-refractivity contribution < 1.29 is 4.79 Å². The first kappa shape index (κ1) is 16.4. The molecule has 116 valence electrons. The molecule has 0 aliphatic heterocycles. The molecule has 0 saturated carbocycles. The minimum atomic E-state index is -0.144. The van der Waals surface area contributed by atoms with Gasteiger partial charge >= 0.3 is 6.03 Å². The first-order valence-corrected chi connectivity index (χ1v) is 8.44. The molecule has 0 saturated heterocycles. The molecule has 0 bridgehead atoms. The van der Waals surface area contributed by atoms with Crippen LogP contribution in [0.15, 0.2) is 64.4 Å². The van der Waals surface area contributed by atoms with Gasteiger partial charge in [-0.2, -0.15) is 0 Å². The van der Waals surface area contributed by atoms with E-state index in [2.05, 4.69) is 36.6 Å². The summed E-state index contributed by atoms with van der Waals surface area (Å²) in [6, 6.07) is 18.1. The van der Waals surface area contributed by atoms with E-state index < -0.39 is 0 Å². The minimum Gasteiger partial charge on any atom is -0.335 e. The molecule has 2 amide bonds. The topological polar surface area (TPSA) is 41.1 Å². The molecule has 2 rings (SSSR count). The smallest absolute Gasteiger partial charge is 0.319 e. The summed E-state index contributed by atoms with van der Waals surface area (Å²) in [7, 11) is 0. The van der Waals surface area contributed by atoms with Gasteiger partial charge in [-0.15, -0.1) is 0 Å². The summed E-state index contributed by atoms with van der Waals surface area (Å²) in [6.45, 7) is 4.15. The highest BCUT2D eigenvalue weighted by Gasteiger charge is 2.10. The number of amides is 2. The zero-order chi connectivity index (χ0) is 15.8. The number of anilines is 1. The Balaban J connectivity index is 2.06. The van der Waals surface area contributed by atoms with Crippen molar-refractivity contribution in [1.29, 1.82) is 0 Å². The van der Waals surface area contributed by atoms with Crippen molar-refractivity contribution in [2.75, 3.05) is 5.32 Å². The van der Waals surface area contributed by atoms with Crippen LogP contribution in [0.1, 0.15) is 26.7 Å². The Hall–Kier alpha value is -1.94. The summed E-state index contributed by atoms with van der Waals surface area (Å²) in [5.74, 6) is 0. The molecule has 0 heterocycles. The van der Waals surface area contributed by atoms with E-state index in [9.17, 15) is 4.79 Å². The van der Waals surface area contributed by atoms with Gasteiger partial charge in [0.1, 0.15) is 0 Å². The van der Waals surface area contributed by atoms with Crippen molar-refractivity contribution in [2.24, 2.45) is 0 Å². The highest BCUT2D eigenvalue weighted by atomic mass is 32.2. The Morgan fingerprint density at radius 3 is 2.32 bits per heavy atom. The van der Waals surface area contributed by atoms with Crippen LogP contribution >= 0.6 is 11.8 Å². The quantitative estimate of drug-likeness (QED) is 0.774. The molecule has 2 aromatic carbocycles. The number of hydrogen-bond acceptors (Lipinski definition) is 2. The molecule has 0 aromatic heterocycles. The lowest BCUT2D eigenvalue weighted by molar-refractivity contribution is 0.247. The fraction of sp³-hybridized carbons (Fsp3) is 0.278. The third-order valence-corrected chi connectivity index (χ3v) is 4.51. The molecular formula is C18H22N2OS. The van der Waals surface area contributed by atoms with Crippen molar-refractivity contribution >= 4 is 23.5 Å². The van der Waals surface area contributed by atoms with Gasteiger partial charge in [-0.25, -0.2) is 4.79 Å². The van der Waals surface area contributed by atoms with E-state index in [0.29, 0.717) is 0 Å². The maximum atomic E-state index is 12.1. The Labute approximate surface area is 136 Å². The van der Waals surface area contributed by atoms with Crippen molar-refractivity contribution in [1.82, 2.24) is 5.32 Å². The van der Waals surface area contributed by atoms with E-state index in [0.717, 1.165) is 28.3 Å². The summed E-state index contributed by atoms with van der Waals surface area (Å²) < 4.78 is 0. The maximum absolute atomic E-state index is 12.1. The van der Waals surface area contributed by atoms with Crippen LogP contribution < -0.4 is 10.6 Å². The zero-order valence-electron chi connectivity index (χ0n) is 13.0. The Kier molecular flexibility index (Phi) is 6.34. The molecule has 0 unspecified atom stereocenters. The van der Waals surface area contributed by atoms with Crippen LogP contribution in [0.2, 0.25) is 0 Å². The van der Waals surface area contributed by atoms with Crippen molar-refractivity contribution in [3.05, 3.63) is 54.6 Å². The number of carbonyl (C=O) groups excluding carboxylic acids is 1. The molecule has 0 aliphatic carbocycles. The van der Waals surface area contributed by atoms with Crippen LogP contribution in [0.3, 0.4) is 0 Å². The van der Waals surface area contributed by atoms with Gasteiger partial charge in [0.15, 0.2) is 0 Å². The largest absolute Gasteiger partial charge is 0.335 e. The lowest BCUT2D eigenvalue weighted by Crippen LogP contribution is -2.37. The summed E-state index contributed by atoms with van der Waals surface area (Å²) in [5.41, 5.74) is 0.833. The average molecular weight is 314 g/mol. The molecule has 2 N–H and O–H groups in total. The van der Waals surface area contributed by atoms with Gasteiger partial charge in [-0.1, -0.05) is 55.9 Å². The SMILES string of the molecule is CCC(CC)NC(=O)Nc1ccccc1Sc1ccccc1. The highest BCUT2D eigenvalue weighted by molar-refractivity contribution is 7.99. The standard InChI is InChI=1S/C18H22N2OS/c1-3-14(4-2)19-18(21)20-16-12-8-9-13-17(16)22-15-10-6-5-7-11-15/h5-14H,3-4H2,1-2H3,(H2,19,20,21). The highest BCUT2D eigenvalue weighted by Crippen LogP contribution is 2.33. The lowest BCUT2D eigenvalue weighted by Gasteiger charge is -2.16. The lowest BCUT2D eigenvalue weighted by atomic mass is 10.2. The number of urea groups is 1. The van der Waals surface area contributed by atoms with Gasteiger partial charge < -0.3 is 10.6 Å². The third-order valence-electron chi connectivity index (χ3n) is 3.43. The number of hydrogen-bond donors (Lipinski definition) is 2. The number of nitrogens with one attached hydrogen (secondary N) is 2. The van der Waals surface area contributed by atoms with Crippen LogP contribution in [-0.2, 0) is 0 Å². The van der Waals surface area contributed by atoms with E-state index in [-0.39, 0.29) is 12.1 Å². The maximum Gasteiger partial charge on any atom is 0.319 e. The summed E-state index contributed by atoms with van der Waals surface area (Å²) in [6.07, 6.45) is 1.87. The number of carbonyl (C=O) groups is 1. The van der Waals surface area contributed by atoms with Crippen molar-refractivity contribution in [2.45, 2.75) is 42.5 Å². The summed E-state index contributed by atoms with van der Waals surface area (Å²) in [5, 5.41) is 5.96. The molecule has 0 radical (unpaired) electrons. The zero-order valence-corrected chi connectivity index (χ0v) is 13.8.